The van der Waals surface area contributed by atoms with Gasteiger partial charge >= 0.3 is 5.97 Å². The van der Waals surface area contributed by atoms with E-state index in [9.17, 15) is 9.90 Å². The predicted molar refractivity (Wildman–Crippen MR) is 76.8 cm³/mol. The van der Waals surface area contributed by atoms with Gasteiger partial charge in [0.1, 0.15) is 12.2 Å². The van der Waals surface area contributed by atoms with Crippen LogP contribution >= 0.6 is 31.9 Å². The maximum Gasteiger partial charge on any atom is 0.341 e. The zero-order chi connectivity index (χ0) is 15.1. The quantitative estimate of drug-likeness (QED) is 0.549. The molecule has 0 bridgehead atoms. The molecule has 0 amide bonds. The fourth-order valence-corrected chi connectivity index (χ4v) is 3.39. The second-order valence-corrected chi connectivity index (χ2v) is 7.31. The smallest absolute Gasteiger partial charge is 0.341 e. The monoisotopic (exact) mass is 416 g/mol. The minimum absolute atomic E-state index is 0.0418. The van der Waals surface area contributed by atoms with E-state index in [1.807, 2.05) is 0 Å². The molecule has 20 heavy (non-hydrogen) atoms. The number of alkyl halides is 2. The third-order valence-corrected chi connectivity index (χ3v) is 5.72. The van der Waals surface area contributed by atoms with Crippen LogP contribution in [-0.4, -0.2) is 58.2 Å². The molecule has 0 aromatic rings. The molecule has 1 N–H and O–H groups in total. The molecule has 0 spiro atoms. The number of hydrogen-bond donors (Lipinski definition) is 1. The second-order valence-electron chi connectivity index (χ2n) is 5.37. The van der Waals surface area contributed by atoms with E-state index in [0.29, 0.717) is 11.8 Å². The highest BCUT2D eigenvalue weighted by Gasteiger charge is 2.67. The van der Waals surface area contributed by atoms with Crippen molar-refractivity contribution in [3.05, 3.63) is 0 Å². The molecule has 0 saturated carbocycles. The van der Waals surface area contributed by atoms with Crippen LogP contribution in [0, 0.1) is 0 Å². The molecule has 5 atom stereocenters. The molecule has 0 radical (unpaired) electrons. The Hall–Kier alpha value is 0.270. The van der Waals surface area contributed by atoms with Gasteiger partial charge in [-0.2, -0.15) is 0 Å². The Kier molecular flexibility index (Phi) is 4.83. The van der Waals surface area contributed by atoms with Gasteiger partial charge in [0.15, 0.2) is 17.7 Å². The van der Waals surface area contributed by atoms with Crippen LogP contribution in [0.3, 0.4) is 0 Å². The lowest BCUT2D eigenvalue weighted by molar-refractivity contribution is -0.247. The van der Waals surface area contributed by atoms with E-state index in [1.54, 1.807) is 13.8 Å². The maximum atomic E-state index is 12.3. The van der Waals surface area contributed by atoms with Crippen molar-refractivity contribution in [2.24, 2.45) is 0 Å². The molecule has 0 aromatic heterocycles. The normalized spacial score (nSPS) is 40.4. The minimum Gasteiger partial charge on any atom is -0.467 e. The van der Waals surface area contributed by atoms with Crippen LogP contribution in [0.4, 0.5) is 0 Å². The van der Waals surface area contributed by atoms with Gasteiger partial charge in [-0.25, -0.2) is 4.79 Å². The Morgan fingerprint density at radius 2 is 2.05 bits per heavy atom. The van der Waals surface area contributed by atoms with Crippen LogP contribution in [0.25, 0.3) is 0 Å². The van der Waals surface area contributed by atoms with Crippen LogP contribution in [-0.2, 0) is 23.7 Å². The number of hydrogen-bond acceptors (Lipinski definition) is 6. The molecule has 6 nitrogen and oxygen atoms in total. The first-order valence-corrected chi connectivity index (χ1v) is 8.29. The summed E-state index contributed by atoms with van der Waals surface area (Å²) in [6, 6.07) is 0. The molecular formula is C12H18Br2O6. The first-order valence-electron chi connectivity index (χ1n) is 6.26. The van der Waals surface area contributed by atoms with E-state index in [-0.39, 0.29) is 4.83 Å². The molecule has 0 aliphatic carbocycles. The van der Waals surface area contributed by atoms with E-state index < -0.39 is 35.9 Å². The summed E-state index contributed by atoms with van der Waals surface area (Å²) >= 11 is 6.79. The zero-order valence-electron chi connectivity index (χ0n) is 11.5. The van der Waals surface area contributed by atoms with E-state index >= 15 is 0 Å². The van der Waals surface area contributed by atoms with Crippen LogP contribution < -0.4 is 0 Å². The van der Waals surface area contributed by atoms with Gasteiger partial charge < -0.3 is 24.1 Å². The number of rotatable bonds is 4. The lowest BCUT2D eigenvalue weighted by Crippen LogP contribution is -2.52. The van der Waals surface area contributed by atoms with Crippen molar-refractivity contribution in [3.63, 3.8) is 0 Å². The molecular weight excluding hydrogens is 400 g/mol. The van der Waals surface area contributed by atoms with Crippen molar-refractivity contribution >= 4 is 37.8 Å². The lowest BCUT2D eigenvalue weighted by Gasteiger charge is -2.32. The van der Waals surface area contributed by atoms with Gasteiger partial charge in [0.2, 0.25) is 0 Å². The van der Waals surface area contributed by atoms with Gasteiger partial charge in [-0.3, -0.25) is 0 Å². The predicted octanol–water partition coefficient (Wildman–Crippen LogP) is 1.32. The van der Waals surface area contributed by atoms with Crippen molar-refractivity contribution in [1.29, 1.82) is 0 Å². The summed E-state index contributed by atoms with van der Waals surface area (Å²) in [5.74, 6) is -1.45. The number of aliphatic hydroxyl groups excluding tert-OH is 1. The number of carbonyl (C=O) groups excluding carboxylic acids is 1. The Balaban J connectivity index is 2.34. The summed E-state index contributed by atoms with van der Waals surface area (Å²) in [7, 11) is 1.28. The van der Waals surface area contributed by atoms with Gasteiger partial charge in [0.25, 0.3) is 0 Å². The number of fused-ring (bicyclic) bond motifs is 1. The maximum absolute atomic E-state index is 12.3. The number of aliphatic hydroxyl groups is 1. The first kappa shape index (κ1) is 16.6. The van der Waals surface area contributed by atoms with Crippen molar-refractivity contribution in [2.45, 2.75) is 55.0 Å². The van der Waals surface area contributed by atoms with Gasteiger partial charge in [0.05, 0.1) is 7.11 Å². The highest BCUT2D eigenvalue weighted by Crippen LogP contribution is 2.46. The summed E-state index contributed by atoms with van der Waals surface area (Å²) in [6.45, 7) is 3.46. The summed E-state index contributed by atoms with van der Waals surface area (Å²) in [5.41, 5.74) is -1.38. The van der Waals surface area contributed by atoms with Gasteiger partial charge in [-0.05, 0) is 13.8 Å². The molecule has 2 unspecified atom stereocenters. The summed E-state index contributed by atoms with van der Waals surface area (Å²) in [6.07, 6.45) is -2.35. The topological polar surface area (TPSA) is 74.2 Å². The van der Waals surface area contributed by atoms with Crippen molar-refractivity contribution in [2.75, 3.05) is 12.4 Å². The average molecular weight is 418 g/mol. The Morgan fingerprint density at radius 3 is 2.60 bits per heavy atom. The average Bonchev–Trinajstić information content (AvgIpc) is 2.83. The molecule has 2 fully saturated rings. The fourth-order valence-electron chi connectivity index (χ4n) is 2.68. The third kappa shape index (κ3) is 2.78. The van der Waals surface area contributed by atoms with Crippen LogP contribution in [0.5, 0.6) is 0 Å². The number of esters is 1. The number of methoxy groups -OCH3 is 1. The van der Waals surface area contributed by atoms with Crippen molar-refractivity contribution in [3.8, 4) is 0 Å². The van der Waals surface area contributed by atoms with E-state index in [4.69, 9.17) is 18.9 Å². The van der Waals surface area contributed by atoms with Crippen molar-refractivity contribution < 1.29 is 28.8 Å². The standard InChI is InChI=1S/C12H18Br2O6/c1-11(2)18-7-8(19-11)12(10(16)17-3,20-9(7)15)4-6(14)5-13/h6-9,15H,4-5H2,1-3H3/t6?,7-,8+,9?,12+/m1/s1. The highest BCUT2D eigenvalue weighted by atomic mass is 79.9. The zero-order valence-corrected chi connectivity index (χ0v) is 14.6. The lowest BCUT2D eigenvalue weighted by atomic mass is 9.90. The molecule has 2 heterocycles. The molecule has 116 valence electrons. The summed E-state index contributed by atoms with van der Waals surface area (Å²) < 4.78 is 21.8. The van der Waals surface area contributed by atoms with Gasteiger partial charge in [-0.15, -0.1) is 0 Å². The molecule has 2 saturated heterocycles. The molecule has 2 rings (SSSR count). The first-order chi connectivity index (χ1) is 9.25. The molecule has 2 aliphatic heterocycles. The fraction of sp³-hybridized carbons (Fsp3) is 0.917. The van der Waals surface area contributed by atoms with Crippen LogP contribution in [0.1, 0.15) is 20.3 Å². The summed E-state index contributed by atoms with van der Waals surface area (Å²) in [5, 5.41) is 10.7. The van der Waals surface area contributed by atoms with Crippen LogP contribution in [0.2, 0.25) is 0 Å². The van der Waals surface area contributed by atoms with E-state index in [2.05, 4.69) is 31.9 Å². The Bertz CT molecular complexity index is 390. The van der Waals surface area contributed by atoms with Crippen LogP contribution in [0.15, 0.2) is 0 Å². The van der Waals surface area contributed by atoms with E-state index in [0.717, 1.165) is 0 Å². The number of carbonyl (C=O) groups is 1. The van der Waals surface area contributed by atoms with Gasteiger partial charge in [0, 0.05) is 16.6 Å². The molecule has 0 aromatic carbocycles. The Labute approximate surface area is 134 Å². The number of halogens is 2. The largest absolute Gasteiger partial charge is 0.467 e. The summed E-state index contributed by atoms with van der Waals surface area (Å²) in [4.78, 5) is 12.2. The third-order valence-electron chi connectivity index (χ3n) is 3.42. The number of ether oxygens (including phenoxy) is 4. The molecule has 2 aliphatic rings. The highest BCUT2D eigenvalue weighted by molar-refractivity contribution is 9.12. The van der Waals surface area contributed by atoms with E-state index in [1.165, 1.54) is 7.11 Å². The SMILES string of the molecule is COC(=O)[C@@]1(CC(Br)CBr)OC(O)[C@@H]2OC(C)(C)O[C@@H]21. The Morgan fingerprint density at radius 1 is 1.40 bits per heavy atom. The second kappa shape index (κ2) is 5.81. The minimum atomic E-state index is -1.38. The van der Waals surface area contributed by atoms with Gasteiger partial charge in [-0.1, -0.05) is 31.9 Å². The van der Waals surface area contributed by atoms with Crippen molar-refractivity contribution in [1.82, 2.24) is 0 Å². The molecule has 8 heteroatoms.